The molecule has 2 heterocycles. The zero-order chi connectivity index (χ0) is 25.9. The lowest BCUT2D eigenvalue weighted by Gasteiger charge is -2.17. The van der Waals surface area contributed by atoms with Crippen molar-refractivity contribution in [1.82, 2.24) is 23.7 Å². The third-order valence-electron chi connectivity index (χ3n) is 6.14. The van der Waals surface area contributed by atoms with Gasteiger partial charge in [-0.2, -0.15) is 0 Å². The molecule has 0 saturated carbocycles. The molecule has 0 atom stereocenters. The van der Waals surface area contributed by atoms with Crippen LogP contribution in [0.2, 0.25) is 0 Å². The van der Waals surface area contributed by atoms with Crippen LogP contribution in [0.1, 0.15) is 18.9 Å². The number of fused-ring (bicyclic) bond motifs is 1. The highest BCUT2D eigenvalue weighted by Crippen LogP contribution is 2.23. The number of hydrogen-bond donors (Lipinski definition) is 2. The first-order chi connectivity index (χ1) is 17.2. The van der Waals surface area contributed by atoms with Crippen LogP contribution in [0.3, 0.4) is 0 Å². The molecule has 0 saturated heterocycles. The zero-order valence-electron chi connectivity index (χ0n) is 20.7. The van der Waals surface area contributed by atoms with Gasteiger partial charge in [0.25, 0.3) is 5.56 Å². The maximum absolute atomic E-state index is 12.8. The summed E-state index contributed by atoms with van der Waals surface area (Å²) in [7, 11) is -0.0899. The van der Waals surface area contributed by atoms with E-state index in [1.807, 2.05) is 44.3 Å². The van der Waals surface area contributed by atoms with Gasteiger partial charge in [0.2, 0.25) is 10.0 Å². The summed E-state index contributed by atoms with van der Waals surface area (Å²) in [5, 5.41) is 0. The second kappa shape index (κ2) is 10.7. The van der Waals surface area contributed by atoms with Gasteiger partial charge in [-0.3, -0.25) is 13.9 Å². The first-order valence-electron chi connectivity index (χ1n) is 11.9. The van der Waals surface area contributed by atoms with Gasteiger partial charge < -0.3 is 9.88 Å². The molecule has 2 aromatic carbocycles. The molecule has 0 fully saturated rings. The van der Waals surface area contributed by atoms with E-state index in [0.29, 0.717) is 41.8 Å². The molecule has 0 radical (unpaired) electrons. The number of hydrogen-bond acceptors (Lipinski definition) is 5. The average Bonchev–Trinajstić information content (AvgIpc) is 3.32. The van der Waals surface area contributed by atoms with Gasteiger partial charge in [-0.25, -0.2) is 17.9 Å². The molecule has 190 valence electrons. The number of rotatable bonds is 10. The number of aromatic amines is 1. The molecule has 0 unspecified atom stereocenters. The van der Waals surface area contributed by atoms with Crippen molar-refractivity contribution in [3.05, 3.63) is 87.1 Å². The number of aromatic nitrogens is 3. The molecule has 9 nitrogen and oxygen atoms in total. The minimum atomic E-state index is -3.67. The predicted molar refractivity (Wildman–Crippen MR) is 141 cm³/mol. The number of sulfonamides is 1. The number of benzene rings is 2. The van der Waals surface area contributed by atoms with E-state index in [-0.39, 0.29) is 22.7 Å². The fourth-order valence-electron chi connectivity index (χ4n) is 4.20. The van der Waals surface area contributed by atoms with Crippen LogP contribution in [0.15, 0.2) is 75.1 Å². The van der Waals surface area contributed by atoms with Gasteiger partial charge in [-0.15, -0.1) is 0 Å². The van der Waals surface area contributed by atoms with Crippen LogP contribution >= 0.6 is 0 Å². The molecular weight excluding hydrogens is 478 g/mol. The minimum Gasteiger partial charge on any atom is -0.349 e. The molecule has 0 amide bonds. The fraction of sp³-hybridized carbons (Fsp3) is 0.308. The Balaban J connectivity index is 1.47. The third-order valence-corrected chi connectivity index (χ3v) is 7.62. The molecule has 0 spiro atoms. The SMILES string of the molecule is CCCn1c(=O)c2[nH]c(-c3ccc(S(=O)(=O)NCCN(C)Cc4ccccc4)cc3)cc2n(C)c1=O. The molecule has 0 aliphatic heterocycles. The molecule has 2 aromatic heterocycles. The number of nitrogens with one attached hydrogen (secondary N) is 2. The summed E-state index contributed by atoms with van der Waals surface area (Å²) in [5.41, 5.74) is 2.64. The molecule has 4 aromatic rings. The number of aryl methyl sites for hydroxylation is 1. The van der Waals surface area contributed by atoms with E-state index in [4.69, 9.17) is 0 Å². The monoisotopic (exact) mass is 509 g/mol. The summed E-state index contributed by atoms with van der Waals surface area (Å²) in [6, 6.07) is 18.2. The summed E-state index contributed by atoms with van der Waals surface area (Å²) >= 11 is 0. The topological polar surface area (TPSA) is 109 Å². The highest BCUT2D eigenvalue weighted by molar-refractivity contribution is 7.89. The van der Waals surface area contributed by atoms with E-state index in [1.165, 1.54) is 26.8 Å². The highest BCUT2D eigenvalue weighted by Gasteiger charge is 2.17. The van der Waals surface area contributed by atoms with Crippen LogP contribution in [-0.2, 0) is 30.2 Å². The Morgan fingerprint density at radius 1 is 1.03 bits per heavy atom. The molecule has 36 heavy (non-hydrogen) atoms. The maximum atomic E-state index is 12.8. The van der Waals surface area contributed by atoms with E-state index in [1.54, 1.807) is 25.2 Å². The summed E-state index contributed by atoms with van der Waals surface area (Å²) in [6.45, 7) is 3.83. The van der Waals surface area contributed by atoms with Gasteiger partial charge >= 0.3 is 5.69 Å². The summed E-state index contributed by atoms with van der Waals surface area (Å²) in [6.07, 6.45) is 0.668. The van der Waals surface area contributed by atoms with Crippen molar-refractivity contribution in [2.75, 3.05) is 20.1 Å². The Morgan fingerprint density at radius 3 is 2.39 bits per heavy atom. The summed E-state index contributed by atoms with van der Waals surface area (Å²) in [5.74, 6) is 0. The van der Waals surface area contributed by atoms with Gasteiger partial charge in [0.15, 0.2) is 0 Å². The lowest BCUT2D eigenvalue weighted by molar-refractivity contribution is 0.332. The second-order valence-electron chi connectivity index (χ2n) is 8.89. The van der Waals surface area contributed by atoms with E-state index >= 15 is 0 Å². The van der Waals surface area contributed by atoms with Crippen molar-refractivity contribution in [3.63, 3.8) is 0 Å². The van der Waals surface area contributed by atoms with E-state index in [9.17, 15) is 18.0 Å². The van der Waals surface area contributed by atoms with E-state index in [0.717, 1.165) is 6.54 Å². The van der Waals surface area contributed by atoms with E-state index < -0.39 is 10.0 Å². The van der Waals surface area contributed by atoms with Crippen molar-refractivity contribution in [2.45, 2.75) is 31.3 Å². The Bertz CT molecular complexity index is 1570. The van der Waals surface area contributed by atoms with Crippen LogP contribution in [0, 0.1) is 0 Å². The number of H-pyrrole nitrogens is 1. The van der Waals surface area contributed by atoms with Crippen molar-refractivity contribution >= 4 is 21.1 Å². The third kappa shape index (κ3) is 5.35. The highest BCUT2D eigenvalue weighted by atomic mass is 32.2. The first kappa shape index (κ1) is 25.6. The normalized spacial score (nSPS) is 12.0. The molecule has 10 heteroatoms. The predicted octanol–water partition coefficient (Wildman–Crippen LogP) is 2.52. The van der Waals surface area contributed by atoms with Crippen LogP contribution in [0.4, 0.5) is 0 Å². The summed E-state index contributed by atoms with van der Waals surface area (Å²) in [4.78, 5) is 30.7. The van der Waals surface area contributed by atoms with Crippen LogP contribution in [-0.4, -0.2) is 47.6 Å². The number of likely N-dealkylation sites (N-methyl/N-ethyl adjacent to an activating group) is 1. The molecular formula is C26H31N5O4S. The smallest absolute Gasteiger partial charge is 0.331 e. The van der Waals surface area contributed by atoms with Crippen molar-refractivity contribution in [2.24, 2.45) is 7.05 Å². The summed E-state index contributed by atoms with van der Waals surface area (Å²) < 4.78 is 30.9. The lowest BCUT2D eigenvalue weighted by Crippen LogP contribution is -2.38. The van der Waals surface area contributed by atoms with Crippen molar-refractivity contribution < 1.29 is 8.42 Å². The van der Waals surface area contributed by atoms with Crippen molar-refractivity contribution in [1.29, 1.82) is 0 Å². The van der Waals surface area contributed by atoms with Gasteiger partial charge in [0.1, 0.15) is 5.52 Å². The molecule has 0 aliphatic rings. The van der Waals surface area contributed by atoms with Crippen molar-refractivity contribution in [3.8, 4) is 11.3 Å². The molecule has 0 aliphatic carbocycles. The van der Waals surface area contributed by atoms with E-state index in [2.05, 4.69) is 14.6 Å². The lowest BCUT2D eigenvalue weighted by atomic mass is 10.1. The van der Waals surface area contributed by atoms with Crippen LogP contribution < -0.4 is 16.0 Å². The molecule has 4 rings (SSSR count). The molecule has 2 N–H and O–H groups in total. The quantitative estimate of drug-likeness (QED) is 0.341. The largest absolute Gasteiger partial charge is 0.349 e. The van der Waals surface area contributed by atoms with Crippen LogP contribution in [0.5, 0.6) is 0 Å². The Morgan fingerprint density at radius 2 is 1.72 bits per heavy atom. The Labute approximate surface area is 210 Å². The second-order valence-corrected chi connectivity index (χ2v) is 10.7. The Kier molecular flexibility index (Phi) is 7.58. The molecule has 0 bridgehead atoms. The first-order valence-corrected chi connectivity index (χ1v) is 13.3. The van der Waals surface area contributed by atoms with Gasteiger partial charge in [0.05, 0.1) is 10.4 Å². The minimum absolute atomic E-state index is 0.158. The standard InChI is InChI=1S/C26H31N5O4S/c1-4-15-31-25(32)24-23(30(3)26(31)33)17-22(28-24)20-10-12-21(13-11-20)36(34,35)27-14-16-29(2)18-19-8-6-5-7-9-19/h5-13,17,27-28H,4,14-16,18H2,1-3H3. The zero-order valence-corrected chi connectivity index (χ0v) is 21.5. The van der Waals surface area contributed by atoms with Gasteiger partial charge in [-0.05, 0) is 42.8 Å². The van der Waals surface area contributed by atoms with Gasteiger partial charge in [0, 0.05) is 38.9 Å². The van der Waals surface area contributed by atoms with Crippen LogP contribution in [0.25, 0.3) is 22.3 Å². The average molecular weight is 510 g/mol. The number of nitrogens with zero attached hydrogens (tertiary/aromatic N) is 3. The van der Waals surface area contributed by atoms with Gasteiger partial charge in [-0.1, -0.05) is 49.4 Å². The fourth-order valence-corrected chi connectivity index (χ4v) is 5.22. The Hall–Kier alpha value is -3.47. The maximum Gasteiger partial charge on any atom is 0.331 e.